The zero-order valence-corrected chi connectivity index (χ0v) is 21.1. The molecule has 1 saturated heterocycles. The second kappa shape index (κ2) is 10.2. The van der Waals surface area contributed by atoms with E-state index < -0.39 is 23.8 Å². The van der Waals surface area contributed by atoms with E-state index in [2.05, 4.69) is 16.4 Å². The Balaban J connectivity index is 1.37. The maximum atomic E-state index is 13.6. The number of aromatic nitrogens is 1. The van der Waals surface area contributed by atoms with Gasteiger partial charge in [0.2, 0.25) is 0 Å². The van der Waals surface area contributed by atoms with E-state index >= 15 is 0 Å². The SMILES string of the molecule is CCOC(=O)N[C@@H]1CC[C@@H]2[C@@H](C1)C[C@@]1(O)C(=O)O[C@H](C)[C@H]1[C@@H]2/C=C/c1ccc(-c2cccc(F)c2)cn1. The standard InChI is InChI=1S/C29H33FN2O5/c1-3-36-28(34)32-23-10-11-24-20(14-23)15-29(35)26(17(2)37-27(29)33)25(24)12-9-22-8-7-19(16-31-22)18-5-4-6-21(30)13-18/h4-9,12-13,16-17,20,23-26,35H,3,10-11,14-15H2,1-2H3,(H,32,34)/b12-9+/t17-,20+,23-,24-,25-,26+,29+/m1/s1. The zero-order chi connectivity index (χ0) is 26.2. The van der Waals surface area contributed by atoms with Crippen molar-refractivity contribution in [3.8, 4) is 11.1 Å². The predicted molar refractivity (Wildman–Crippen MR) is 136 cm³/mol. The summed E-state index contributed by atoms with van der Waals surface area (Å²) in [5, 5.41) is 14.5. The van der Waals surface area contributed by atoms with Gasteiger partial charge in [0.05, 0.1) is 12.3 Å². The van der Waals surface area contributed by atoms with Crippen LogP contribution in [0.2, 0.25) is 0 Å². The second-order valence-corrected chi connectivity index (χ2v) is 10.5. The Bertz CT molecular complexity index is 1190. The van der Waals surface area contributed by atoms with E-state index in [1.165, 1.54) is 12.1 Å². The number of carbonyl (C=O) groups is 2. The molecule has 0 spiro atoms. The van der Waals surface area contributed by atoms with Gasteiger partial charge in [-0.2, -0.15) is 0 Å². The molecule has 2 aliphatic carbocycles. The quantitative estimate of drug-likeness (QED) is 0.566. The van der Waals surface area contributed by atoms with Crippen molar-refractivity contribution in [3.05, 3.63) is 60.2 Å². The summed E-state index contributed by atoms with van der Waals surface area (Å²) in [4.78, 5) is 29.3. The molecule has 1 amide bonds. The maximum Gasteiger partial charge on any atom is 0.407 e. The molecule has 1 aromatic heterocycles. The number of pyridine rings is 1. The van der Waals surface area contributed by atoms with Gasteiger partial charge in [-0.1, -0.05) is 24.3 Å². The Hall–Kier alpha value is -3.26. The van der Waals surface area contributed by atoms with Gasteiger partial charge in [0, 0.05) is 23.7 Å². The molecule has 5 rings (SSSR count). The molecule has 1 aromatic carbocycles. The topological polar surface area (TPSA) is 97.8 Å². The number of amides is 1. The highest BCUT2D eigenvalue weighted by molar-refractivity contribution is 5.82. The first-order chi connectivity index (χ1) is 17.8. The maximum absolute atomic E-state index is 13.6. The highest BCUT2D eigenvalue weighted by Gasteiger charge is 2.63. The largest absolute Gasteiger partial charge is 0.460 e. The van der Waals surface area contributed by atoms with Gasteiger partial charge in [-0.15, -0.1) is 0 Å². The summed E-state index contributed by atoms with van der Waals surface area (Å²) < 4.78 is 24.2. The number of esters is 1. The van der Waals surface area contributed by atoms with Crippen molar-refractivity contribution >= 4 is 18.1 Å². The lowest BCUT2D eigenvalue weighted by molar-refractivity contribution is -0.162. The molecule has 3 fully saturated rings. The van der Waals surface area contributed by atoms with Crippen molar-refractivity contribution in [1.82, 2.24) is 10.3 Å². The average molecular weight is 509 g/mol. The van der Waals surface area contributed by atoms with Crippen molar-refractivity contribution in [2.75, 3.05) is 6.61 Å². The lowest BCUT2D eigenvalue weighted by atomic mass is 9.55. The number of allylic oxidation sites excluding steroid dienone is 1. The number of cyclic esters (lactones) is 1. The number of halogens is 1. The first-order valence-electron chi connectivity index (χ1n) is 13.1. The molecular weight excluding hydrogens is 475 g/mol. The molecule has 37 heavy (non-hydrogen) atoms. The van der Waals surface area contributed by atoms with Gasteiger partial charge >= 0.3 is 12.1 Å². The summed E-state index contributed by atoms with van der Waals surface area (Å²) >= 11 is 0. The van der Waals surface area contributed by atoms with Crippen LogP contribution in [0.5, 0.6) is 0 Å². The Labute approximate surface area is 216 Å². The Morgan fingerprint density at radius 3 is 2.86 bits per heavy atom. The Morgan fingerprint density at radius 1 is 1.30 bits per heavy atom. The zero-order valence-electron chi connectivity index (χ0n) is 21.1. The summed E-state index contributed by atoms with van der Waals surface area (Å²) in [6.45, 7) is 3.92. The van der Waals surface area contributed by atoms with Crippen molar-refractivity contribution in [2.45, 2.75) is 57.3 Å². The highest BCUT2D eigenvalue weighted by atomic mass is 19.1. The van der Waals surface area contributed by atoms with Gasteiger partial charge in [-0.3, -0.25) is 4.98 Å². The van der Waals surface area contributed by atoms with Gasteiger partial charge in [-0.25, -0.2) is 14.0 Å². The molecule has 2 saturated carbocycles. The third kappa shape index (κ3) is 4.99. The minimum atomic E-state index is -1.55. The van der Waals surface area contributed by atoms with Crippen molar-refractivity contribution < 1.29 is 28.6 Å². The number of nitrogens with zero attached hydrogens (tertiary/aromatic N) is 1. The van der Waals surface area contributed by atoms with E-state index in [0.29, 0.717) is 19.4 Å². The van der Waals surface area contributed by atoms with Crippen molar-refractivity contribution in [2.24, 2.45) is 23.7 Å². The molecule has 0 unspecified atom stereocenters. The number of hydrogen-bond donors (Lipinski definition) is 2. The molecule has 196 valence electrons. The van der Waals surface area contributed by atoms with Gasteiger partial charge < -0.3 is 19.9 Å². The molecule has 3 aliphatic rings. The molecule has 2 heterocycles. The molecule has 7 nitrogen and oxygen atoms in total. The minimum absolute atomic E-state index is 0.0535. The molecule has 2 N–H and O–H groups in total. The molecular formula is C29H33FN2O5. The number of aliphatic hydroxyl groups is 1. The molecule has 0 radical (unpaired) electrons. The number of benzene rings is 1. The molecule has 8 heteroatoms. The van der Waals surface area contributed by atoms with Crippen LogP contribution in [0.3, 0.4) is 0 Å². The van der Waals surface area contributed by atoms with Crippen LogP contribution in [0.15, 0.2) is 48.7 Å². The Morgan fingerprint density at radius 2 is 2.14 bits per heavy atom. The number of ether oxygens (including phenoxy) is 2. The third-order valence-electron chi connectivity index (χ3n) is 8.26. The number of fused-ring (bicyclic) bond motifs is 2. The summed E-state index contributed by atoms with van der Waals surface area (Å²) in [6.07, 6.45) is 7.54. The third-order valence-corrected chi connectivity index (χ3v) is 8.26. The fourth-order valence-electron chi connectivity index (χ4n) is 6.70. The van der Waals surface area contributed by atoms with Crippen LogP contribution < -0.4 is 5.32 Å². The monoisotopic (exact) mass is 508 g/mol. The van der Waals surface area contributed by atoms with Crippen LogP contribution in [-0.2, 0) is 14.3 Å². The fourth-order valence-corrected chi connectivity index (χ4v) is 6.70. The number of hydrogen-bond acceptors (Lipinski definition) is 6. The van der Waals surface area contributed by atoms with Crippen molar-refractivity contribution in [1.29, 1.82) is 0 Å². The van der Waals surface area contributed by atoms with E-state index in [1.807, 2.05) is 31.2 Å². The van der Waals surface area contributed by atoms with Crippen LogP contribution in [-0.4, -0.2) is 46.5 Å². The van der Waals surface area contributed by atoms with E-state index in [0.717, 1.165) is 29.7 Å². The fraction of sp³-hybridized carbons (Fsp3) is 0.483. The second-order valence-electron chi connectivity index (χ2n) is 10.5. The lowest BCUT2D eigenvalue weighted by Gasteiger charge is -2.50. The Kier molecular flexibility index (Phi) is 7.03. The van der Waals surface area contributed by atoms with Crippen LogP contribution in [0.1, 0.15) is 45.2 Å². The average Bonchev–Trinajstić information content (AvgIpc) is 3.09. The summed E-state index contributed by atoms with van der Waals surface area (Å²) in [5.74, 6) is -0.990. The van der Waals surface area contributed by atoms with E-state index in [1.54, 1.807) is 19.2 Å². The number of carbonyl (C=O) groups excluding carboxylic acids is 2. The summed E-state index contributed by atoms with van der Waals surface area (Å²) in [6, 6.07) is 10.1. The molecule has 2 aromatic rings. The van der Waals surface area contributed by atoms with Crippen LogP contribution >= 0.6 is 0 Å². The van der Waals surface area contributed by atoms with E-state index in [-0.39, 0.29) is 35.5 Å². The molecule has 7 atom stereocenters. The predicted octanol–water partition coefficient (Wildman–Crippen LogP) is 4.74. The minimum Gasteiger partial charge on any atom is -0.460 e. The van der Waals surface area contributed by atoms with Gasteiger partial charge in [0.25, 0.3) is 0 Å². The van der Waals surface area contributed by atoms with E-state index in [4.69, 9.17) is 9.47 Å². The van der Waals surface area contributed by atoms with Gasteiger partial charge in [0.15, 0.2) is 5.60 Å². The van der Waals surface area contributed by atoms with Gasteiger partial charge in [-0.05, 0) is 87.1 Å². The number of alkyl carbamates (subject to hydrolysis) is 1. The lowest BCUT2D eigenvalue weighted by Crippen LogP contribution is -2.56. The highest BCUT2D eigenvalue weighted by Crippen LogP contribution is 2.55. The molecule has 1 aliphatic heterocycles. The van der Waals surface area contributed by atoms with Crippen molar-refractivity contribution in [3.63, 3.8) is 0 Å². The number of rotatable bonds is 5. The summed E-state index contributed by atoms with van der Waals surface area (Å²) in [5.41, 5.74) is 0.767. The first-order valence-corrected chi connectivity index (χ1v) is 13.1. The van der Waals surface area contributed by atoms with Crippen LogP contribution in [0.25, 0.3) is 17.2 Å². The molecule has 0 bridgehead atoms. The number of nitrogens with one attached hydrogen (secondary N) is 1. The first kappa shape index (κ1) is 25.4. The smallest absolute Gasteiger partial charge is 0.407 e. The van der Waals surface area contributed by atoms with E-state index in [9.17, 15) is 19.1 Å². The van der Waals surface area contributed by atoms with Crippen LogP contribution in [0, 0.1) is 29.5 Å². The summed E-state index contributed by atoms with van der Waals surface area (Å²) in [7, 11) is 0. The normalized spacial score (nSPS) is 32.9. The van der Waals surface area contributed by atoms with Crippen LogP contribution in [0.4, 0.5) is 9.18 Å². The van der Waals surface area contributed by atoms with Gasteiger partial charge in [0.1, 0.15) is 11.9 Å².